The van der Waals surface area contributed by atoms with Gasteiger partial charge >= 0.3 is 12.0 Å². The van der Waals surface area contributed by atoms with Crippen LogP contribution in [0.15, 0.2) is 0 Å². The topological polar surface area (TPSA) is 97.3 Å². The van der Waals surface area contributed by atoms with Crippen LogP contribution in [0.5, 0.6) is 0 Å². The van der Waals surface area contributed by atoms with Crippen LogP contribution in [0.3, 0.4) is 0 Å². The van der Waals surface area contributed by atoms with Crippen LogP contribution in [-0.2, 0) is 19.0 Å². The van der Waals surface area contributed by atoms with E-state index in [1.165, 1.54) is 12.0 Å². The Morgan fingerprint density at radius 2 is 2.05 bits per heavy atom. The quantitative estimate of drug-likeness (QED) is 0.587. The number of aliphatic carboxylic acids is 1. The number of nitrogens with zero attached hydrogens (tertiary/aromatic N) is 1. The Balaban J connectivity index is 2.32. The Hall–Kier alpha value is -1.38. The summed E-state index contributed by atoms with van der Waals surface area (Å²) in [5.74, 6) is -1.02. The molecule has 1 aliphatic rings. The molecule has 1 aliphatic heterocycles. The van der Waals surface area contributed by atoms with Crippen molar-refractivity contribution in [2.24, 2.45) is 0 Å². The second kappa shape index (κ2) is 8.72. The van der Waals surface area contributed by atoms with E-state index in [0.29, 0.717) is 32.8 Å². The number of likely N-dealkylation sites (tertiary alicyclic amines) is 1. The minimum Gasteiger partial charge on any atom is -0.480 e. The number of nitrogens with one attached hydrogen (secondary N) is 1. The lowest BCUT2D eigenvalue weighted by Gasteiger charge is -2.21. The van der Waals surface area contributed by atoms with Crippen LogP contribution in [0.25, 0.3) is 0 Å². The van der Waals surface area contributed by atoms with Gasteiger partial charge < -0.3 is 29.5 Å². The van der Waals surface area contributed by atoms with Crippen molar-refractivity contribution in [3.8, 4) is 0 Å². The molecule has 2 atom stereocenters. The molecule has 1 rings (SSSR count). The molecule has 0 spiro atoms. The van der Waals surface area contributed by atoms with Crippen LogP contribution in [0, 0.1) is 0 Å². The summed E-state index contributed by atoms with van der Waals surface area (Å²) in [6, 6.07) is -1.25. The molecular weight excluding hydrogens is 268 g/mol. The molecule has 2 unspecified atom stereocenters. The maximum atomic E-state index is 11.9. The molecule has 0 aromatic rings. The molecule has 1 heterocycles. The monoisotopic (exact) mass is 290 g/mol. The highest BCUT2D eigenvalue weighted by molar-refractivity contribution is 5.83. The van der Waals surface area contributed by atoms with Gasteiger partial charge in [0.25, 0.3) is 0 Å². The lowest BCUT2D eigenvalue weighted by Crippen LogP contribution is -2.47. The van der Waals surface area contributed by atoms with Gasteiger partial charge in [0.15, 0.2) is 0 Å². The first-order valence-corrected chi connectivity index (χ1v) is 6.47. The first-order valence-electron chi connectivity index (χ1n) is 6.47. The van der Waals surface area contributed by atoms with Crippen molar-refractivity contribution in [2.75, 3.05) is 47.1 Å². The number of carboxylic acids is 1. The summed E-state index contributed by atoms with van der Waals surface area (Å²) in [6.45, 7) is 1.91. The van der Waals surface area contributed by atoms with E-state index in [2.05, 4.69) is 5.32 Å². The predicted molar refractivity (Wildman–Crippen MR) is 69.6 cm³/mol. The third kappa shape index (κ3) is 4.95. The van der Waals surface area contributed by atoms with Crippen molar-refractivity contribution in [1.29, 1.82) is 0 Å². The molecule has 1 saturated heterocycles. The third-order valence-electron chi connectivity index (χ3n) is 3.10. The van der Waals surface area contributed by atoms with E-state index in [9.17, 15) is 9.59 Å². The Morgan fingerprint density at radius 1 is 1.30 bits per heavy atom. The smallest absolute Gasteiger partial charge is 0.326 e. The fraction of sp³-hybridized carbons (Fsp3) is 0.833. The normalized spacial score (nSPS) is 22.0. The Morgan fingerprint density at radius 3 is 2.65 bits per heavy atom. The Labute approximate surface area is 118 Å². The Kier molecular flexibility index (Phi) is 7.27. The zero-order chi connectivity index (χ0) is 15.0. The van der Waals surface area contributed by atoms with Gasteiger partial charge in [0.2, 0.25) is 0 Å². The van der Waals surface area contributed by atoms with Crippen molar-refractivity contribution in [2.45, 2.75) is 18.6 Å². The number of rotatable bonds is 8. The summed E-state index contributed by atoms with van der Waals surface area (Å²) in [4.78, 5) is 24.3. The van der Waals surface area contributed by atoms with E-state index < -0.39 is 18.0 Å². The number of hydrogen-bond acceptors (Lipinski definition) is 5. The molecule has 2 amide bonds. The first kappa shape index (κ1) is 16.7. The predicted octanol–water partition coefficient (Wildman–Crippen LogP) is -0.467. The van der Waals surface area contributed by atoms with Crippen LogP contribution < -0.4 is 5.32 Å². The molecule has 1 fully saturated rings. The van der Waals surface area contributed by atoms with Gasteiger partial charge in [0.05, 0.1) is 25.9 Å². The summed E-state index contributed by atoms with van der Waals surface area (Å²) in [5, 5.41) is 11.7. The van der Waals surface area contributed by atoms with Gasteiger partial charge in [-0.3, -0.25) is 0 Å². The van der Waals surface area contributed by atoms with Gasteiger partial charge in [-0.15, -0.1) is 0 Å². The van der Waals surface area contributed by atoms with Crippen LogP contribution in [0.4, 0.5) is 4.79 Å². The van der Waals surface area contributed by atoms with E-state index >= 15 is 0 Å². The molecule has 0 aromatic heterocycles. The highest BCUT2D eigenvalue weighted by atomic mass is 16.5. The number of methoxy groups -OCH3 is 2. The van der Waals surface area contributed by atoms with Gasteiger partial charge in [-0.2, -0.15) is 0 Å². The molecule has 0 saturated carbocycles. The number of amides is 2. The molecule has 8 nitrogen and oxygen atoms in total. The highest BCUT2D eigenvalue weighted by Crippen LogP contribution is 2.20. The number of carbonyl (C=O) groups is 2. The van der Waals surface area contributed by atoms with Gasteiger partial charge in [0, 0.05) is 33.7 Å². The first-order chi connectivity index (χ1) is 9.60. The highest BCUT2D eigenvalue weighted by Gasteiger charge is 2.39. The van der Waals surface area contributed by atoms with Crippen LogP contribution in [-0.4, -0.2) is 81.3 Å². The standard InChI is InChI=1S/C12H22N2O6/c1-18-5-6-20-4-3-13-12(17)14-8-9(19-2)7-10(14)11(15)16/h9-10H,3-8H2,1-2H3,(H,13,17)(H,15,16). The molecule has 0 aliphatic carbocycles. The van der Waals surface area contributed by atoms with E-state index in [1.807, 2.05) is 0 Å². The fourth-order valence-corrected chi connectivity index (χ4v) is 2.00. The number of carbonyl (C=O) groups excluding carboxylic acids is 1. The fourth-order valence-electron chi connectivity index (χ4n) is 2.00. The number of ether oxygens (including phenoxy) is 3. The lowest BCUT2D eigenvalue weighted by atomic mass is 10.2. The molecule has 8 heteroatoms. The summed E-state index contributed by atoms with van der Waals surface area (Å²) in [7, 11) is 3.09. The maximum Gasteiger partial charge on any atom is 0.326 e. The third-order valence-corrected chi connectivity index (χ3v) is 3.10. The van der Waals surface area contributed by atoms with Crippen molar-refractivity contribution >= 4 is 12.0 Å². The zero-order valence-electron chi connectivity index (χ0n) is 11.8. The van der Waals surface area contributed by atoms with E-state index in [-0.39, 0.29) is 12.6 Å². The SMILES string of the molecule is COCCOCCNC(=O)N1CC(OC)CC1C(=O)O. The average Bonchev–Trinajstić information content (AvgIpc) is 2.87. The second-order valence-corrected chi connectivity index (χ2v) is 4.44. The Bertz CT molecular complexity index is 325. The van der Waals surface area contributed by atoms with Crippen LogP contribution in [0.2, 0.25) is 0 Å². The molecular formula is C12H22N2O6. The van der Waals surface area contributed by atoms with Gasteiger partial charge in [0.1, 0.15) is 6.04 Å². The molecule has 0 bridgehead atoms. The van der Waals surface area contributed by atoms with Crippen molar-refractivity contribution in [3.63, 3.8) is 0 Å². The van der Waals surface area contributed by atoms with Gasteiger partial charge in [-0.05, 0) is 0 Å². The number of urea groups is 1. The van der Waals surface area contributed by atoms with E-state index in [4.69, 9.17) is 19.3 Å². The molecule has 2 N–H and O–H groups in total. The van der Waals surface area contributed by atoms with Crippen molar-refractivity contribution < 1.29 is 28.9 Å². The lowest BCUT2D eigenvalue weighted by molar-refractivity contribution is -0.141. The number of hydrogen-bond donors (Lipinski definition) is 2. The van der Waals surface area contributed by atoms with Gasteiger partial charge in [-0.1, -0.05) is 0 Å². The summed E-state index contributed by atoms with van der Waals surface area (Å²) < 4.78 is 15.1. The minimum atomic E-state index is -1.02. The minimum absolute atomic E-state index is 0.236. The molecule has 0 aromatic carbocycles. The van der Waals surface area contributed by atoms with E-state index in [1.54, 1.807) is 7.11 Å². The summed E-state index contributed by atoms with van der Waals surface area (Å²) >= 11 is 0. The molecule has 20 heavy (non-hydrogen) atoms. The van der Waals surface area contributed by atoms with Crippen molar-refractivity contribution in [1.82, 2.24) is 10.2 Å². The molecule has 0 radical (unpaired) electrons. The maximum absolute atomic E-state index is 11.9. The second-order valence-electron chi connectivity index (χ2n) is 4.44. The largest absolute Gasteiger partial charge is 0.480 e. The number of carboxylic acid groups (broad SMARTS) is 1. The zero-order valence-corrected chi connectivity index (χ0v) is 11.8. The summed E-state index contributed by atoms with van der Waals surface area (Å²) in [6.07, 6.45) is 0.0728. The van der Waals surface area contributed by atoms with Gasteiger partial charge in [-0.25, -0.2) is 9.59 Å². The average molecular weight is 290 g/mol. The molecule has 116 valence electrons. The summed E-state index contributed by atoms with van der Waals surface area (Å²) in [5.41, 5.74) is 0. The van der Waals surface area contributed by atoms with Crippen molar-refractivity contribution in [3.05, 3.63) is 0 Å². The van der Waals surface area contributed by atoms with Crippen LogP contribution >= 0.6 is 0 Å². The van der Waals surface area contributed by atoms with Crippen LogP contribution in [0.1, 0.15) is 6.42 Å². The van der Waals surface area contributed by atoms with E-state index in [0.717, 1.165) is 0 Å².